The van der Waals surface area contributed by atoms with E-state index >= 15 is 0 Å². The van der Waals surface area contributed by atoms with Crippen molar-refractivity contribution in [2.24, 2.45) is 0 Å². The van der Waals surface area contributed by atoms with Gasteiger partial charge in [-0.15, -0.1) is 0 Å². The van der Waals surface area contributed by atoms with Crippen LogP contribution in [0.5, 0.6) is 17.2 Å². The molecule has 0 aliphatic carbocycles. The van der Waals surface area contributed by atoms with Crippen molar-refractivity contribution < 1.29 is 43.2 Å². The number of anilines is 3. The highest BCUT2D eigenvalue weighted by atomic mass is 28.4. The van der Waals surface area contributed by atoms with Crippen LogP contribution in [0.15, 0.2) is 78.9 Å². The molecule has 1 fully saturated rings. The number of hydrogen-bond donors (Lipinski definition) is 5. The van der Waals surface area contributed by atoms with Crippen LogP contribution in [0, 0.1) is 0 Å². The van der Waals surface area contributed by atoms with Crippen molar-refractivity contribution in [2.75, 3.05) is 55.4 Å². The van der Waals surface area contributed by atoms with Crippen LogP contribution in [0.25, 0.3) is 11.1 Å². The second-order valence-corrected chi connectivity index (χ2v) is 22.5. The molecule has 330 valence electrons. The second-order valence-electron chi connectivity index (χ2n) is 17.8. The molecule has 4 aromatic carbocycles. The van der Waals surface area contributed by atoms with Gasteiger partial charge in [-0.3, -0.25) is 15.0 Å². The quantitative estimate of drug-likeness (QED) is 0.0607. The zero-order valence-electron chi connectivity index (χ0n) is 36.5. The number of carbonyl (C=O) groups is 3. The third-order valence-electron chi connectivity index (χ3n) is 12.6. The van der Waals surface area contributed by atoms with E-state index in [0.29, 0.717) is 68.2 Å². The van der Waals surface area contributed by atoms with Gasteiger partial charge < -0.3 is 44.4 Å². The molecule has 7 rings (SSSR count). The van der Waals surface area contributed by atoms with Crippen molar-refractivity contribution in [1.29, 1.82) is 0 Å². The lowest BCUT2D eigenvalue weighted by molar-refractivity contribution is -0.118. The van der Waals surface area contributed by atoms with Crippen LogP contribution >= 0.6 is 0 Å². The summed E-state index contributed by atoms with van der Waals surface area (Å²) in [6.07, 6.45) is 0.438. The van der Waals surface area contributed by atoms with Crippen LogP contribution in [-0.2, 0) is 26.9 Å². The number of nitrogens with zero attached hydrogens (tertiary/aromatic N) is 2. The highest BCUT2D eigenvalue weighted by molar-refractivity contribution is 6.74. The minimum absolute atomic E-state index is 0.0784. The van der Waals surface area contributed by atoms with Crippen LogP contribution in [0.1, 0.15) is 62.8 Å². The number of hydrogen-bond acceptors (Lipinski definition) is 10. The Morgan fingerprint density at radius 3 is 2.45 bits per heavy atom. The summed E-state index contributed by atoms with van der Waals surface area (Å²) in [7, 11) is -0.739. The molecule has 0 radical (unpaired) electrons. The van der Waals surface area contributed by atoms with Crippen molar-refractivity contribution in [3.05, 3.63) is 95.6 Å². The molecule has 3 aliphatic rings. The monoisotopic (exact) mass is 865 g/mol. The van der Waals surface area contributed by atoms with Gasteiger partial charge in [-0.25, -0.2) is 9.59 Å². The molecule has 0 spiro atoms. The first-order valence-electron chi connectivity index (χ1n) is 21.3. The summed E-state index contributed by atoms with van der Waals surface area (Å²) in [6.45, 7) is 13.7. The Morgan fingerprint density at radius 1 is 1.02 bits per heavy atom. The van der Waals surface area contributed by atoms with E-state index in [1.54, 1.807) is 19.2 Å². The molecular weight excluding hydrogens is 807 g/mol. The van der Waals surface area contributed by atoms with E-state index in [9.17, 15) is 24.6 Å². The average molecular weight is 866 g/mol. The fourth-order valence-electron chi connectivity index (χ4n) is 8.26. The van der Waals surface area contributed by atoms with Crippen LogP contribution in [-0.4, -0.2) is 93.6 Å². The van der Waals surface area contributed by atoms with E-state index in [4.69, 9.17) is 18.6 Å². The van der Waals surface area contributed by atoms with Gasteiger partial charge in [-0.2, -0.15) is 0 Å². The Kier molecular flexibility index (Phi) is 13.5. The molecule has 4 aromatic rings. The lowest BCUT2D eigenvalue weighted by atomic mass is 10.0. The molecule has 3 aliphatic heterocycles. The smallest absolute Gasteiger partial charge is 0.412 e. The molecular formula is C47H59N5O9Si. The number of rotatable bonds is 14. The van der Waals surface area contributed by atoms with E-state index in [0.717, 1.165) is 40.9 Å². The van der Waals surface area contributed by atoms with Gasteiger partial charge >= 0.3 is 12.2 Å². The average Bonchev–Trinajstić information content (AvgIpc) is 3.60. The predicted octanol–water partition coefficient (Wildman–Crippen LogP) is 8.76. The third-order valence-corrected chi connectivity index (χ3v) is 17.1. The fraction of sp³-hybridized carbons (Fsp3) is 0.426. The van der Waals surface area contributed by atoms with Gasteiger partial charge in [0.2, 0.25) is 0 Å². The number of likely N-dealkylation sites (tertiary alicyclic amines) is 1. The number of phenols is 1. The summed E-state index contributed by atoms with van der Waals surface area (Å²) in [5, 5.41) is 30.1. The molecule has 0 saturated carbocycles. The summed E-state index contributed by atoms with van der Waals surface area (Å²) < 4.78 is 24.5. The van der Waals surface area contributed by atoms with Crippen molar-refractivity contribution >= 4 is 43.5 Å². The molecule has 62 heavy (non-hydrogen) atoms. The van der Waals surface area contributed by atoms with Gasteiger partial charge in [0.15, 0.2) is 20.7 Å². The molecule has 0 aromatic heterocycles. The molecule has 3 heterocycles. The fourth-order valence-corrected chi connectivity index (χ4v) is 9.54. The van der Waals surface area contributed by atoms with E-state index in [2.05, 4.69) is 54.7 Å². The van der Waals surface area contributed by atoms with Crippen molar-refractivity contribution in [1.82, 2.24) is 10.2 Å². The number of fused-ring (bicyclic) bond motifs is 2. The van der Waals surface area contributed by atoms with Gasteiger partial charge in [-0.05, 0) is 79.2 Å². The Bertz CT molecular complexity index is 2260. The van der Waals surface area contributed by atoms with Gasteiger partial charge in [-0.1, -0.05) is 69.3 Å². The molecule has 15 heteroatoms. The molecule has 3 amide bonds. The minimum atomic E-state index is -2.32. The number of piperidine rings is 1. The summed E-state index contributed by atoms with van der Waals surface area (Å²) in [5.74, 6) is 0.553. The summed E-state index contributed by atoms with van der Waals surface area (Å²) >= 11 is 0. The largest absolute Gasteiger partial charge is 0.506 e. The molecule has 1 unspecified atom stereocenters. The maximum absolute atomic E-state index is 13.0. The standard InChI is InChI=1S/C47H59N5O9Si/c1-47(2,3)62(5,6)61-41(36-16-17-39(53)43-44(36)59-29-42(54)50-43)28-48-27-32-24-31-25-33(52(46(56)57)38(31)26-40(32)58-4)18-21-51-22-19-34(20-23-51)60-45(55)49-37-15-11-10-14-35(37)30-12-8-7-9-13-30/h7-17,24,26,33-34,41,48,53H,18-23,25,27-29H2,1-6H3,(H,49,55)(H,50,54)(H,56,57)/t33?,41-/m0/s1. The van der Waals surface area contributed by atoms with Crippen molar-refractivity contribution in [3.63, 3.8) is 0 Å². The maximum atomic E-state index is 13.0. The molecule has 1 saturated heterocycles. The van der Waals surface area contributed by atoms with Gasteiger partial charge in [0.1, 0.15) is 23.3 Å². The summed E-state index contributed by atoms with van der Waals surface area (Å²) in [5.41, 5.74) is 6.03. The minimum Gasteiger partial charge on any atom is -0.506 e. The Morgan fingerprint density at radius 2 is 1.74 bits per heavy atom. The number of ether oxygens (including phenoxy) is 3. The van der Waals surface area contributed by atoms with Crippen molar-refractivity contribution in [2.45, 2.75) is 89.4 Å². The number of amides is 3. The highest BCUT2D eigenvalue weighted by Crippen LogP contribution is 2.46. The topological polar surface area (TPSA) is 171 Å². The van der Waals surface area contributed by atoms with Crippen LogP contribution in [0.3, 0.4) is 0 Å². The summed E-state index contributed by atoms with van der Waals surface area (Å²) in [6, 6.07) is 24.5. The predicted molar refractivity (Wildman–Crippen MR) is 242 cm³/mol. The van der Waals surface area contributed by atoms with E-state index in [1.807, 2.05) is 66.7 Å². The normalized spacial score (nSPS) is 17.4. The first-order valence-corrected chi connectivity index (χ1v) is 24.3. The SMILES string of the molecule is COc1cc2c(cc1CNC[C@H](O[Si](C)(C)C(C)(C)C)c1ccc(O)c3c1OCC(=O)N3)CC(CCN1CCC(OC(=O)Nc3ccccc3-c3ccccc3)CC1)N2C(=O)O. The number of carboxylic acid groups (broad SMARTS) is 1. The van der Waals surface area contributed by atoms with Gasteiger partial charge in [0.25, 0.3) is 5.91 Å². The van der Waals surface area contributed by atoms with Crippen LogP contribution < -0.4 is 30.3 Å². The summed E-state index contributed by atoms with van der Waals surface area (Å²) in [4.78, 5) is 41.6. The number of carbonyl (C=O) groups excluding carboxylic acids is 2. The first kappa shape index (κ1) is 44.4. The molecule has 0 bridgehead atoms. The first-order chi connectivity index (χ1) is 29.6. The van der Waals surface area contributed by atoms with E-state index in [-0.39, 0.29) is 41.1 Å². The zero-order valence-corrected chi connectivity index (χ0v) is 37.5. The third kappa shape index (κ3) is 10.0. The number of benzene rings is 4. The lowest BCUT2D eigenvalue weighted by Gasteiger charge is -2.40. The zero-order chi connectivity index (χ0) is 44.2. The van der Waals surface area contributed by atoms with Crippen LogP contribution in [0.2, 0.25) is 18.1 Å². The Labute approximate surface area is 364 Å². The van der Waals surface area contributed by atoms with Crippen molar-refractivity contribution in [3.8, 4) is 28.4 Å². The number of para-hydroxylation sites is 1. The maximum Gasteiger partial charge on any atom is 0.412 e. The Balaban J connectivity index is 0.962. The van der Waals surface area contributed by atoms with Gasteiger partial charge in [0, 0.05) is 61.5 Å². The second kappa shape index (κ2) is 18.8. The van der Waals surface area contributed by atoms with E-state index < -0.39 is 26.6 Å². The van der Waals surface area contributed by atoms with Gasteiger partial charge in [0.05, 0.1) is 24.6 Å². The lowest BCUT2D eigenvalue weighted by Crippen LogP contribution is -2.43. The number of phenolic OH excluding ortho intramolecular Hbond substituents is 1. The molecule has 5 N–H and O–H groups in total. The van der Waals surface area contributed by atoms with Crippen LogP contribution in [0.4, 0.5) is 26.7 Å². The molecule has 14 nitrogen and oxygen atoms in total. The molecule has 2 atom stereocenters. The number of aromatic hydroxyl groups is 1. The number of nitrogens with one attached hydrogen (secondary N) is 3. The highest BCUT2D eigenvalue weighted by Gasteiger charge is 2.41. The van der Waals surface area contributed by atoms with E-state index in [1.165, 1.54) is 4.90 Å². The number of methoxy groups -OCH3 is 1. The Hall–Kier alpha value is -5.61.